The highest BCUT2D eigenvalue weighted by molar-refractivity contribution is 5.59. The number of anilines is 2. The summed E-state index contributed by atoms with van der Waals surface area (Å²) in [6.07, 6.45) is 1.42. The van der Waals surface area contributed by atoms with Gasteiger partial charge in [-0.3, -0.25) is 0 Å². The van der Waals surface area contributed by atoms with Crippen molar-refractivity contribution in [3.63, 3.8) is 0 Å². The van der Waals surface area contributed by atoms with E-state index in [9.17, 15) is 4.39 Å². The summed E-state index contributed by atoms with van der Waals surface area (Å²) in [7, 11) is 0. The van der Waals surface area contributed by atoms with Gasteiger partial charge >= 0.3 is 0 Å². The third-order valence-corrected chi connectivity index (χ3v) is 2.41. The number of benzene rings is 1. The van der Waals surface area contributed by atoms with Crippen LogP contribution in [0.5, 0.6) is 11.5 Å². The Morgan fingerprint density at radius 2 is 2.05 bits per heavy atom. The van der Waals surface area contributed by atoms with Gasteiger partial charge in [-0.25, -0.2) is 9.37 Å². The number of nitrogen functional groups attached to an aromatic ring is 2. The Hall–Kier alpha value is -2.78. The van der Waals surface area contributed by atoms with E-state index in [1.165, 1.54) is 24.4 Å². The van der Waals surface area contributed by atoms with Gasteiger partial charge in [-0.1, -0.05) is 11.8 Å². The van der Waals surface area contributed by atoms with E-state index in [1.54, 1.807) is 0 Å². The molecule has 1 aromatic carbocycles. The van der Waals surface area contributed by atoms with Crippen LogP contribution in [0, 0.1) is 17.7 Å². The average molecular weight is 273 g/mol. The van der Waals surface area contributed by atoms with Gasteiger partial charge in [-0.15, -0.1) is 0 Å². The quantitative estimate of drug-likeness (QED) is 0.569. The van der Waals surface area contributed by atoms with Gasteiger partial charge in [0.2, 0.25) is 0 Å². The van der Waals surface area contributed by atoms with Gasteiger partial charge in [0.25, 0.3) is 0 Å². The maximum absolute atomic E-state index is 13.7. The van der Waals surface area contributed by atoms with Crippen LogP contribution in [-0.2, 0) is 0 Å². The second-order valence-corrected chi connectivity index (χ2v) is 3.82. The molecule has 0 saturated heterocycles. The highest BCUT2D eigenvalue weighted by atomic mass is 19.1. The number of nitrogens with zero attached hydrogens (tertiary/aromatic N) is 1. The summed E-state index contributed by atoms with van der Waals surface area (Å²) in [5.74, 6) is 4.86. The molecular formula is C14H12FN3O2. The maximum Gasteiger partial charge on any atom is 0.167 e. The minimum atomic E-state index is -0.596. The molecule has 0 radical (unpaired) electrons. The number of aliphatic hydroxyl groups excluding tert-OH is 1. The number of rotatable bonds is 2. The van der Waals surface area contributed by atoms with Crippen LogP contribution in [0.1, 0.15) is 5.56 Å². The predicted octanol–water partition coefficient (Wildman–Crippen LogP) is 1.52. The van der Waals surface area contributed by atoms with E-state index in [2.05, 4.69) is 16.8 Å². The van der Waals surface area contributed by atoms with Crippen molar-refractivity contribution >= 4 is 11.5 Å². The Bertz CT molecular complexity index is 693. The highest BCUT2D eigenvalue weighted by Crippen LogP contribution is 2.29. The molecular weight excluding hydrogens is 261 g/mol. The number of halogens is 1. The zero-order valence-electron chi connectivity index (χ0n) is 10.4. The lowest BCUT2D eigenvalue weighted by atomic mass is 10.2. The van der Waals surface area contributed by atoms with E-state index in [4.69, 9.17) is 21.3 Å². The van der Waals surface area contributed by atoms with Gasteiger partial charge in [0, 0.05) is 24.0 Å². The first kappa shape index (κ1) is 13.6. The second-order valence-electron chi connectivity index (χ2n) is 3.82. The summed E-state index contributed by atoms with van der Waals surface area (Å²) >= 11 is 0. The molecule has 0 unspecified atom stereocenters. The Kier molecular flexibility index (Phi) is 4.03. The van der Waals surface area contributed by atoms with Crippen molar-refractivity contribution in [2.24, 2.45) is 0 Å². The Balaban J connectivity index is 2.40. The minimum absolute atomic E-state index is 0.00292. The summed E-state index contributed by atoms with van der Waals surface area (Å²) < 4.78 is 19.1. The molecule has 0 atom stereocenters. The van der Waals surface area contributed by atoms with Crippen molar-refractivity contribution in [2.45, 2.75) is 0 Å². The molecule has 0 aliphatic heterocycles. The standard InChI is InChI=1S/C14H12FN3O2/c15-11-8-9(16)3-4-13(11)20-12-5-6-18-14(17)10(12)2-1-7-19/h3-6,8,19H,7,16H2,(H2,17,18). The third kappa shape index (κ3) is 2.96. The Morgan fingerprint density at radius 1 is 1.25 bits per heavy atom. The Morgan fingerprint density at radius 3 is 2.75 bits per heavy atom. The number of ether oxygens (including phenoxy) is 1. The molecule has 1 heterocycles. The molecule has 0 aliphatic carbocycles. The molecule has 0 aliphatic rings. The van der Waals surface area contributed by atoms with E-state index in [-0.39, 0.29) is 29.5 Å². The molecule has 0 saturated carbocycles. The molecule has 0 amide bonds. The molecule has 2 rings (SSSR count). The number of aromatic nitrogens is 1. The fourth-order valence-electron chi connectivity index (χ4n) is 1.52. The molecule has 20 heavy (non-hydrogen) atoms. The van der Waals surface area contributed by atoms with Crippen molar-refractivity contribution in [1.82, 2.24) is 4.98 Å². The largest absolute Gasteiger partial charge is 0.453 e. The van der Waals surface area contributed by atoms with E-state index in [0.717, 1.165) is 6.07 Å². The van der Waals surface area contributed by atoms with Gasteiger partial charge in [0.1, 0.15) is 23.7 Å². The molecule has 6 heteroatoms. The van der Waals surface area contributed by atoms with E-state index in [1.807, 2.05) is 0 Å². The van der Waals surface area contributed by atoms with Crippen LogP contribution in [0.2, 0.25) is 0 Å². The van der Waals surface area contributed by atoms with Gasteiger partial charge in [-0.2, -0.15) is 0 Å². The topological polar surface area (TPSA) is 94.4 Å². The summed E-state index contributed by atoms with van der Waals surface area (Å²) in [5, 5.41) is 8.72. The number of pyridine rings is 1. The van der Waals surface area contributed by atoms with Crippen molar-refractivity contribution in [2.75, 3.05) is 18.1 Å². The first-order valence-corrected chi connectivity index (χ1v) is 5.69. The highest BCUT2D eigenvalue weighted by Gasteiger charge is 2.10. The summed E-state index contributed by atoms with van der Waals surface area (Å²) in [5.41, 5.74) is 11.7. The SMILES string of the molecule is Nc1ccc(Oc2ccnc(N)c2C#CCO)c(F)c1. The van der Waals surface area contributed by atoms with Gasteiger partial charge in [0.15, 0.2) is 11.6 Å². The number of hydrogen-bond donors (Lipinski definition) is 3. The van der Waals surface area contributed by atoms with Crippen LogP contribution in [0.3, 0.4) is 0 Å². The number of hydrogen-bond acceptors (Lipinski definition) is 5. The molecule has 1 aromatic heterocycles. The fraction of sp³-hybridized carbons (Fsp3) is 0.0714. The summed E-state index contributed by atoms with van der Waals surface area (Å²) in [4.78, 5) is 3.87. The van der Waals surface area contributed by atoms with Crippen molar-refractivity contribution < 1.29 is 14.2 Å². The molecule has 0 bridgehead atoms. The lowest BCUT2D eigenvalue weighted by Crippen LogP contribution is -1.99. The van der Waals surface area contributed by atoms with Crippen LogP contribution in [-0.4, -0.2) is 16.7 Å². The first-order valence-electron chi connectivity index (χ1n) is 5.69. The maximum atomic E-state index is 13.7. The lowest BCUT2D eigenvalue weighted by molar-refractivity contribution is 0.350. The molecule has 5 N–H and O–H groups in total. The van der Waals surface area contributed by atoms with Crippen LogP contribution in [0.15, 0.2) is 30.5 Å². The molecule has 2 aromatic rings. The van der Waals surface area contributed by atoms with Crippen LogP contribution >= 0.6 is 0 Å². The predicted molar refractivity (Wildman–Crippen MR) is 73.5 cm³/mol. The Labute approximate surface area is 115 Å². The first-order chi connectivity index (χ1) is 9.61. The van der Waals surface area contributed by atoms with Crippen LogP contribution in [0.4, 0.5) is 15.9 Å². The normalized spacial score (nSPS) is 9.70. The van der Waals surface area contributed by atoms with E-state index >= 15 is 0 Å². The second kappa shape index (κ2) is 5.91. The van der Waals surface area contributed by atoms with E-state index in [0.29, 0.717) is 5.69 Å². The van der Waals surface area contributed by atoms with E-state index < -0.39 is 5.82 Å². The van der Waals surface area contributed by atoms with Crippen LogP contribution in [0.25, 0.3) is 0 Å². The zero-order chi connectivity index (χ0) is 14.5. The van der Waals surface area contributed by atoms with Crippen molar-refractivity contribution in [3.8, 4) is 23.3 Å². The van der Waals surface area contributed by atoms with Gasteiger partial charge in [0.05, 0.1) is 0 Å². The lowest BCUT2D eigenvalue weighted by Gasteiger charge is -2.10. The van der Waals surface area contributed by atoms with Gasteiger partial charge < -0.3 is 21.3 Å². The minimum Gasteiger partial charge on any atom is -0.453 e. The summed E-state index contributed by atoms with van der Waals surface area (Å²) in [6.45, 7) is -0.329. The van der Waals surface area contributed by atoms with Crippen LogP contribution < -0.4 is 16.2 Å². The summed E-state index contributed by atoms with van der Waals surface area (Å²) in [6, 6.07) is 5.58. The smallest absolute Gasteiger partial charge is 0.167 e. The van der Waals surface area contributed by atoms with Gasteiger partial charge in [-0.05, 0) is 12.1 Å². The monoisotopic (exact) mass is 273 g/mol. The number of nitrogens with two attached hydrogens (primary N) is 2. The molecule has 102 valence electrons. The fourth-order valence-corrected chi connectivity index (χ4v) is 1.52. The van der Waals surface area contributed by atoms with Crippen molar-refractivity contribution in [3.05, 3.63) is 41.8 Å². The van der Waals surface area contributed by atoms with Crippen molar-refractivity contribution in [1.29, 1.82) is 0 Å². The molecule has 0 spiro atoms. The molecule has 0 fully saturated rings. The average Bonchev–Trinajstić information content (AvgIpc) is 2.41. The molecule has 5 nitrogen and oxygen atoms in total. The number of aliphatic hydroxyl groups is 1. The third-order valence-electron chi connectivity index (χ3n) is 2.41. The zero-order valence-corrected chi connectivity index (χ0v) is 10.4.